The van der Waals surface area contributed by atoms with Crippen molar-refractivity contribution in [2.75, 3.05) is 26.4 Å². The van der Waals surface area contributed by atoms with Gasteiger partial charge in [-0.2, -0.15) is 0 Å². The summed E-state index contributed by atoms with van der Waals surface area (Å²) in [6, 6.07) is 0.233. The van der Waals surface area contributed by atoms with Crippen LogP contribution in [0.1, 0.15) is 26.7 Å². The second-order valence-electron chi connectivity index (χ2n) is 3.61. The zero-order valence-corrected chi connectivity index (χ0v) is 11.1. The summed E-state index contributed by atoms with van der Waals surface area (Å²) in [4.78, 5) is 4.29. The maximum atomic E-state index is 5.58. The van der Waals surface area contributed by atoms with E-state index in [1.54, 1.807) is 7.05 Å². The van der Waals surface area contributed by atoms with Crippen LogP contribution in [0.15, 0.2) is 4.99 Å². The first kappa shape index (κ1) is 14.6. The van der Waals surface area contributed by atoms with Crippen LogP contribution in [-0.2, 0) is 0 Å². The highest BCUT2D eigenvalue weighted by Gasteiger charge is 2.05. The van der Waals surface area contributed by atoms with Crippen LogP contribution in [0.4, 0.5) is 0 Å². The minimum Gasteiger partial charge on any atom is -0.370 e. The van der Waals surface area contributed by atoms with Crippen molar-refractivity contribution in [1.29, 1.82) is 0 Å². The second kappa shape index (κ2) is 8.85. The van der Waals surface area contributed by atoms with Crippen molar-refractivity contribution in [1.82, 2.24) is 9.62 Å². The van der Waals surface area contributed by atoms with Gasteiger partial charge in [-0.1, -0.05) is 25.3 Å². The highest BCUT2D eigenvalue weighted by molar-refractivity contribution is 7.96. The van der Waals surface area contributed by atoms with E-state index in [0.29, 0.717) is 5.96 Å². The normalized spacial score (nSPS) is 14.3. The van der Waals surface area contributed by atoms with Crippen LogP contribution >= 0.6 is 11.9 Å². The highest BCUT2D eigenvalue weighted by atomic mass is 32.2. The maximum absolute atomic E-state index is 5.58. The van der Waals surface area contributed by atoms with Crippen molar-refractivity contribution in [3.8, 4) is 0 Å². The van der Waals surface area contributed by atoms with Gasteiger partial charge in [-0.3, -0.25) is 4.31 Å². The van der Waals surface area contributed by atoms with Gasteiger partial charge in [0.15, 0.2) is 5.96 Å². The molecule has 0 aliphatic rings. The molecule has 0 aliphatic heterocycles. The number of aliphatic imine (C=N–C) groups is 1. The second-order valence-corrected chi connectivity index (χ2v) is 4.90. The molecule has 0 spiro atoms. The largest absolute Gasteiger partial charge is 0.370 e. The van der Waals surface area contributed by atoms with Crippen LogP contribution in [0.3, 0.4) is 0 Å². The molecule has 0 aromatic carbocycles. The molecule has 0 rings (SSSR count). The highest BCUT2D eigenvalue weighted by Crippen LogP contribution is 2.10. The van der Waals surface area contributed by atoms with Gasteiger partial charge in [0.25, 0.3) is 0 Å². The Bertz CT molecular complexity index is 184. The van der Waals surface area contributed by atoms with Crippen LogP contribution in [-0.4, -0.2) is 42.7 Å². The average molecular weight is 232 g/mol. The van der Waals surface area contributed by atoms with E-state index in [0.717, 1.165) is 6.54 Å². The van der Waals surface area contributed by atoms with E-state index in [2.05, 4.69) is 35.5 Å². The van der Waals surface area contributed by atoms with Crippen molar-refractivity contribution in [3.05, 3.63) is 0 Å². The van der Waals surface area contributed by atoms with Gasteiger partial charge >= 0.3 is 0 Å². The Morgan fingerprint density at radius 2 is 2.27 bits per heavy atom. The predicted molar refractivity (Wildman–Crippen MR) is 70.1 cm³/mol. The smallest absolute Gasteiger partial charge is 0.188 e. The van der Waals surface area contributed by atoms with Gasteiger partial charge in [0, 0.05) is 19.3 Å². The molecule has 0 saturated carbocycles. The number of nitrogens with zero attached hydrogens (tertiary/aromatic N) is 2. The molecular weight excluding hydrogens is 208 g/mol. The molecule has 1 unspecified atom stereocenters. The van der Waals surface area contributed by atoms with Gasteiger partial charge in [0.05, 0.1) is 6.04 Å². The molecule has 0 radical (unpaired) electrons. The number of unbranched alkanes of at least 4 members (excludes halogenated alkanes) is 1. The summed E-state index contributed by atoms with van der Waals surface area (Å²) in [7, 11) is 3.88. The monoisotopic (exact) mass is 232 g/mol. The van der Waals surface area contributed by atoms with Gasteiger partial charge in [0.2, 0.25) is 0 Å². The summed E-state index contributed by atoms with van der Waals surface area (Å²) >= 11 is 1.87. The van der Waals surface area contributed by atoms with Gasteiger partial charge in [-0.05, 0) is 20.4 Å². The average Bonchev–Trinajstić information content (AvgIpc) is 2.17. The number of nitrogens with two attached hydrogens (primary N) is 1. The quantitative estimate of drug-likeness (QED) is 0.301. The zero-order chi connectivity index (χ0) is 11.7. The Labute approximate surface area is 97.8 Å². The number of hydrogen-bond acceptors (Lipinski definition) is 3. The van der Waals surface area contributed by atoms with Crippen molar-refractivity contribution < 1.29 is 0 Å². The van der Waals surface area contributed by atoms with E-state index in [4.69, 9.17) is 5.73 Å². The van der Waals surface area contributed by atoms with Gasteiger partial charge in [-0.15, -0.1) is 0 Å². The minimum absolute atomic E-state index is 0.233. The summed E-state index contributed by atoms with van der Waals surface area (Å²) in [6.07, 6.45) is 2.52. The Morgan fingerprint density at radius 1 is 1.60 bits per heavy atom. The fourth-order valence-corrected chi connectivity index (χ4v) is 2.18. The molecule has 0 heterocycles. The molecule has 1 atom stereocenters. The van der Waals surface area contributed by atoms with E-state index in [9.17, 15) is 0 Å². The van der Waals surface area contributed by atoms with E-state index >= 15 is 0 Å². The molecule has 15 heavy (non-hydrogen) atoms. The lowest BCUT2D eigenvalue weighted by Gasteiger charge is -2.18. The summed E-state index contributed by atoms with van der Waals surface area (Å²) in [5.74, 6) is 1.69. The molecule has 0 aromatic rings. The lowest BCUT2D eigenvalue weighted by atomic mass is 10.3. The first-order valence-electron chi connectivity index (χ1n) is 5.45. The molecule has 0 saturated heterocycles. The lowest BCUT2D eigenvalue weighted by Crippen LogP contribution is -2.31. The minimum atomic E-state index is 0.233. The van der Waals surface area contributed by atoms with E-state index in [1.165, 1.54) is 18.6 Å². The molecule has 4 nitrogen and oxygen atoms in total. The van der Waals surface area contributed by atoms with E-state index < -0.39 is 0 Å². The molecule has 0 fully saturated rings. The van der Waals surface area contributed by atoms with Gasteiger partial charge < -0.3 is 11.1 Å². The lowest BCUT2D eigenvalue weighted by molar-refractivity contribution is 0.511. The predicted octanol–water partition coefficient (Wildman–Crippen LogP) is 1.29. The third kappa shape index (κ3) is 8.57. The fraction of sp³-hybridized carbons (Fsp3) is 0.900. The van der Waals surface area contributed by atoms with Crippen LogP contribution < -0.4 is 11.1 Å². The van der Waals surface area contributed by atoms with Crippen molar-refractivity contribution in [3.63, 3.8) is 0 Å². The SMILES string of the molecule is CCCCSN(C)CC(C)/N=C(\N)NC. The van der Waals surface area contributed by atoms with Crippen LogP contribution in [0.5, 0.6) is 0 Å². The molecule has 0 amide bonds. The van der Waals surface area contributed by atoms with E-state index in [1.807, 2.05) is 11.9 Å². The fourth-order valence-electron chi connectivity index (χ4n) is 1.13. The summed E-state index contributed by atoms with van der Waals surface area (Å²) in [5, 5.41) is 2.82. The van der Waals surface area contributed by atoms with Crippen molar-refractivity contribution in [2.45, 2.75) is 32.7 Å². The third-order valence-corrected chi connectivity index (χ3v) is 3.01. The van der Waals surface area contributed by atoms with Crippen LogP contribution in [0, 0.1) is 0 Å². The standard InChI is InChI=1S/C10H24N4S/c1-5-6-7-15-14(4)8-9(2)13-10(11)12-3/h9H,5-8H2,1-4H3,(H3,11,12,13). The molecule has 0 aromatic heterocycles. The first-order chi connectivity index (χ1) is 7.10. The summed E-state index contributed by atoms with van der Waals surface area (Å²) in [5.41, 5.74) is 5.58. The summed E-state index contributed by atoms with van der Waals surface area (Å²) in [6.45, 7) is 5.21. The Morgan fingerprint density at radius 3 is 2.80 bits per heavy atom. The van der Waals surface area contributed by atoms with Crippen molar-refractivity contribution >= 4 is 17.9 Å². The molecular formula is C10H24N4S. The topological polar surface area (TPSA) is 53.6 Å². The third-order valence-electron chi connectivity index (χ3n) is 1.95. The number of likely N-dealkylation sites (N-methyl/N-ethyl adjacent to an activating group) is 1. The van der Waals surface area contributed by atoms with E-state index in [-0.39, 0.29) is 6.04 Å². The number of guanidine groups is 1. The van der Waals surface area contributed by atoms with Gasteiger partial charge in [-0.25, -0.2) is 4.99 Å². The van der Waals surface area contributed by atoms with Crippen molar-refractivity contribution in [2.24, 2.45) is 10.7 Å². The molecule has 90 valence electrons. The Balaban J connectivity index is 3.70. The number of nitrogens with one attached hydrogen (secondary N) is 1. The molecule has 0 bridgehead atoms. The Hall–Kier alpha value is -0.420. The maximum Gasteiger partial charge on any atom is 0.188 e. The summed E-state index contributed by atoms with van der Waals surface area (Å²) < 4.78 is 2.23. The van der Waals surface area contributed by atoms with Crippen LogP contribution in [0.25, 0.3) is 0 Å². The molecule has 3 N–H and O–H groups in total. The molecule has 0 aliphatic carbocycles. The molecule has 5 heteroatoms. The van der Waals surface area contributed by atoms with Crippen LogP contribution in [0.2, 0.25) is 0 Å². The van der Waals surface area contributed by atoms with Gasteiger partial charge in [0.1, 0.15) is 0 Å². The number of rotatable bonds is 7. The zero-order valence-electron chi connectivity index (χ0n) is 10.3. The Kier molecular flexibility index (Phi) is 8.61. The first-order valence-corrected chi connectivity index (χ1v) is 6.39. The number of hydrogen-bond donors (Lipinski definition) is 2.